The molecule has 1 radical (unpaired) electrons. The molecule has 1 unspecified atom stereocenters. The molecule has 41 heavy (non-hydrogen) atoms. The van der Waals surface area contributed by atoms with E-state index in [0.717, 1.165) is 38.5 Å². The van der Waals surface area contributed by atoms with Crippen LogP contribution in [0.4, 0.5) is 0 Å². The molecule has 0 aliphatic carbocycles. The van der Waals surface area contributed by atoms with Crippen molar-refractivity contribution in [2.75, 3.05) is 6.61 Å². The topological polar surface area (TPSA) is 60.7 Å². The van der Waals surface area contributed by atoms with Gasteiger partial charge in [0.1, 0.15) is 0 Å². The molecular weight excluding hydrogens is 504 g/mol. The van der Waals surface area contributed by atoms with Gasteiger partial charge in [-0.1, -0.05) is 128 Å². The zero-order valence-electron chi connectivity index (χ0n) is 25.8. The fourth-order valence-electron chi connectivity index (χ4n) is 3.57. The van der Waals surface area contributed by atoms with E-state index in [1.54, 1.807) is 0 Å². The number of hydrogen-bond acceptors (Lipinski definition) is 3. The van der Waals surface area contributed by atoms with Crippen molar-refractivity contribution in [2.24, 2.45) is 0 Å². The monoisotopic (exact) mass is 555 g/mol. The highest BCUT2D eigenvalue weighted by Gasteiger charge is 2.16. The Morgan fingerprint density at radius 3 is 1.29 bits per heavy atom. The fourth-order valence-corrected chi connectivity index (χ4v) is 3.57. The van der Waals surface area contributed by atoms with E-state index in [1.807, 2.05) is 119 Å². The van der Waals surface area contributed by atoms with E-state index in [2.05, 4.69) is 37.3 Å². The van der Waals surface area contributed by atoms with Crippen LogP contribution in [0.3, 0.4) is 0 Å². The number of aliphatic hydroxyl groups is 3. The van der Waals surface area contributed by atoms with E-state index in [-0.39, 0.29) is 6.61 Å². The molecule has 0 saturated heterocycles. The van der Waals surface area contributed by atoms with Crippen LogP contribution in [0, 0.1) is 13.0 Å². The second-order valence-electron chi connectivity index (χ2n) is 11.2. The maximum absolute atomic E-state index is 9.78. The summed E-state index contributed by atoms with van der Waals surface area (Å²) in [4.78, 5) is 0. The lowest BCUT2D eigenvalue weighted by molar-refractivity contribution is 0.0473. The Bertz CT molecular complexity index is 1120. The van der Waals surface area contributed by atoms with Gasteiger partial charge in [-0.15, -0.1) is 0 Å². The normalized spacial score (nSPS) is 11.8. The molecule has 221 valence electrons. The Hall–Kier alpha value is -3.24. The highest BCUT2D eigenvalue weighted by molar-refractivity contribution is 5.16. The summed E-state index contributed by atoms with van der Waals surface area (Å²) in [7, 11) is 0. The summed E-state index contributed by atoms with van der Waals surface area (Å²) in [5.74, 6) is 0. The maximum atomic E-state index is 9.78. The second-order valence-corrected chi connectivity index (χ2v) is 11.2. The molecule has 0 spiro atoms. The van der Waals surface area contributed by atoms with Crippen molar-refractivity contribution < 1.29 is 15.3 Å². The average molecular weight is 556 g/mol. The summed E-state index contributed by atoms with van der Waals surface area (Å²) in [6, 6.07) is 41.3. The third-order valence-electron chi connectivity index (χ3n) is 6.55. The van der Waals surface area contributed by atoms with E-state index >= 15 is 0 Å². The number of aryl methyl sites for hydroxylation is 3. The lowest BCUT2D eigenvalue weighted by atomic mass is 9.94. The van der Waals surface area contributed by atoms with Crippen molar-refractivity contribution in [1.29, 1.82) is 0 Å². The molecule has 1 atom stereocenters. The van der Waals surface area contributed by atoms with Crippen molar-refractivity contribution in [2.45, 2.75) is 84.3 Å². The minimum absolute atomic E-state index is 0.240. The van der Waals surface area contributed by atoms with Crippen LogP contribution >= 0.6 is 0 Å². The zero-order valence-corrected chi connectivity index (χ0v) is 25.8. The highest BCUT2D eigenvalue weighted by Crippen LogP contribution is 2.17. The summed E-state index contributed by atoms with van der Waals surface area (Å²) in [5.41, 5.74) is 4.03. The summed E-state index contributed by atoms with van der Waals surface area (Å²) in [6.07, 6.45) is 5.15. The first-order valence-electron chi connectivity index (χ1n) is 14.6. The molecular formula is C38H51O3. The molecule has 0 fully saturated rings. The van der Waals surface area contributed by atoms with Gasteiger partial charge >= 0.3 is 0 Å². The van der Waals surface area contributed by atoms with Crippen LogP contribution < -0.4 is 0 Å². The van der Waals surface area contributed by atoms with E-state index in [4.69, 9.17) is 5.11 Å². The van der Waals surface area contributed by atoms with Crippen LogP contribution in [-0.4, -0.2) is 33.1 Å². The lowest BCUT2D eigenvalue weighted by Gasteiger charge is -2.20. The lowest BCUT2D eigenvalue weighted by Crippen LogP contribution is -2.23. The van der Waals surface area contributed by atoms with E-state index in [1.165, 1.54) is 22.3 Å². The third kappa shape index (κ3) is 20.3. The Labute approximate surface area is 249 Å². The van der Waals surface area contributed by atoms with Crippen LogP contribution in [0.2, 0.25) is 0 Å². The zero-order chi connectivity index (χ0) is 30.4. The number of benzene rings is 4. The molecule has 4 rings (SSSR count). The van der Waals surface area contributed by atoms with Crippen LogP contribution in [0.15, 0.2) is 115 Å². The second kappa shape index (κ2) is 20.6. The first-order chi connectivity index (χ1) is 19.5. The van der Waals surface area contributed by atoms with Crippen LogP contribution in [-0.2, 0) is 19.3 Å². The van der Waals surface area contributed by atoms with Crippen molar-refractivity contribution in [3.8, 4) is 0 Å². The van der Waals surface area contributed by atoms with E-state index < -0.39 is 11.2 Å². The van der Waals surface area contributed by atoms with Crippen LogP contribution in [0.25, 0.3) is 0 Å². The maximum Gasteiger partial charge on any atom is 0.0620 e. The number of aliphatic hydroxyl groups excluding tert-OH is 1. The summed E-state index contributed by atoms with van der Waals surface area (Å²) in [5, 5.41) is 27.8. The molecule has 4 aromatic rings. The van der Waals surface area contributed by atoms with Crippen molar-refractivity contribution in [3.05, 3.63) is 144 Å². The van der Waals surface area contributed by atoms with Gasteiger partial charge in [0.15, 0.2) is 0 Å². The average Bonchev–Trinajstić information content (AvgIpc) is 2.98. The quantitative estimate of drug-likeness (QED) is 0.195. The number of hydrogen-bond donors (Lipinski definition) is 3. The van der Waals surface area contributed by atoms with Gasteiger partial charge in [-0.05, 0) is 89.0 Å². The summed E-state index contributed by atoms with van der Waals surface area (Å²) < 4.78 is 0. The fraction of sp³-hybridized carbons (Fsp3) is 0.368. The number of rotatable bonds is 9. The van der Waals surface area contributed by atoms with Gasteiger partial charge in [-0.25, -0.2) is 0 Å². The molecule has 0 heterocycles. The van der Waals surface area contributed by atoms with E-state index in [0.29, 0.717) is 0 Å². The standard InChI is InChI=1S/C12H18O.C11H16O.C8H10O.C7H7/c1-3-12(2,13)10-9-11-7-5-4-6-8-11;1-11(2,12)9-8-10-6-4-3-5-7-10;9-7-6-8-4-2-1-3-5-8;1-7-5-3-2-4-6-7/h4-8,13H,3,9-10H2,1-2H3;3-7,12H,8-9H2,1-2H3;1-5,9H,6-7H2;3-6H,1H3. The van der Waals surface area contributed by atoms with Gasteiger partial charge in [0.25, 0.3) is 0 Å². The minimum Gasteiger partial charge on any atom is -0.396 e. The van der Waals surface area contributed by atoms with Gasteiger partial charge in [0, 0.05) is 6.61 Å². The van der Waals surface area contributed by atoms with E-state index in [9.17, 15) is 10.2 Å². The summed E-state index contributed by atoms with van der Waals surface area (Å²) >= 11 is 0. The van der Waals surface area contributed by atoms with Crippen molar-refractivity contribution in [1.82, 2.24) is 0 Å². The summed E-state index contributed by atoms with van der Waals surface area (Å²) in [6.45, 7) is 9.91. The largest absolute Gasteiger partial charge is 0.396 e. The van der Waals surface area contributed by atoms with Crippen LogP contribution in [0.5, 0.6) is 0 Å². The molecule has 0 saturated carbocycles. The molecule has 3 heteroatoms. The Kier molecular flexibility index (Phi) is 18.0. The molecule has 3 nitrogen and oxygen atoms in total. The highest BCUT2D eigenvalue weighted by atomic mass is 16.3. The SMILES string of the molecule is CC(C)(O)CCc1ccccc1.CCC(C)(O)CCc1ccccc1.Cc1cc[c]cc1.OCCc1ccccc1. The molecule has 0 aliphatic heterocycles. The predicted octanol–water partition coefficient (Wildman–Crippen LogP) is 8.19. The van der Waals surface area contributed by atoms with Crippen molar-refractivity contribution in [3.63, 3.8) is 0 Å². The predicted molar refractivity (Wildman–Crippen MR) is 174 cm³/mol. The van der Waals surface area contributed by atoms with Gasteiger partial charge < -0.3 is 15.3 Å². The first-order valence-corrected chi connectivity index (χ1v) is 14.6. The minimum atomic E-state index is -0.546. The molecule has 4 aromatic carbocycles. The Morgan fingerprint density at radius 1 is 0.585 bits per heavy atom. The molecule has 3 N–H and O–H groups in total. The van der Waals surface area contributed by atoms with Gasteiger partial charge in [-0.2, -0.15) is 0 Å². The Balaban J connectivity index is 0.000000280. The molecule has 0 aliphatic rings. The smallest absolute Gasteiger partial charge is 0.0620 e. The van der Waals surface area contributed by atoms with Crippen molar-refractivity contribution >= 4 is 0 Å². The molecule has 0 amide bonds. The molecule has 0 bridgehead atoms. The van der Waals surface area contributed by atoms with Crippen LogP contribution in [0.1, 0.15) is 69.2 Å². The first kappa shape index (κ1) is 35.8. The third-order valence-corrected chi connectivity index (χ3v) is 6.55. The molecule has 0 aromatic heterocycles. The van der Waals surface area contributed by atoms with Gasteiger partial charge in [-0.3, -0.25) is 0 Å². The Morgan fingerprint density at radius 2 is 0.976 bits per heavy atom. The van der Waals surface area contributed by atoms with Gasteiger partial charge in [0.2, 0.25) is 0 Å². The van der Waals surface area contributed by atoms with Gasteiger partial charge in [0.05, 0.1) is 11.2 Å².